The molecule has 0 aliphatic carbocycles. The van der Waals surface area contributed by atoms with Crippen LogP contribution in [0.3, 0.4) is 0 Å². The lowest BCUT2D eigenvalue weighted by Gasteiger charge is -2.28. The van der Waals surface area contributed by atoms with Crippen molar-refractivity contribution in [2.24, 2.45) is 5.41 Å². The van der Waals surface area contributed by atoms with Gasteiger partial charge in [0.05, 0.1) is 6.54 Å². The molecular weight excluding hydrogens is 246 g/mol. The van der Waals surface area contributed by atoms with Crippen LogP contribution in [-0.4, -0.2) is 35.0 Å². The van der Waals surface area contributed by atoms with Crippen molar-refractivity contribution in [3.63, 3.8) is 0 Å². The highest BCUT2D eigenvalue weighted by molar-refractivity contribution is 5.94. The van der Waals surface area contributed by atoms with Crippen LogP contribution in [0.15, 0.2) is 16.9 Å². The van der Waals surface area contributed by atoms with Crippen LogP contribution in [0.25, 0.3) is 0 Å². The fourth-order valence-electron chi connectivity index (χ4n) is 1.63. The molecule has 106 valence electrons. The van der Waals surface area contributed by atoms with Gasteiger partial charge in [0, 0.05) is 18.0 Å². The van der Waals surface area contributed by atoms with E-state index < -0.39 is 5.41 Å². The Morgan fingerprint density at radius 2 is 2.11 bits per heavy atom. The van der Waals surface area contributed by atoms with Crippen LogP contribution >= 0.6 is 0 Å². The van der Waals surface area contributed by atoms with Crippen LogP contribution in [0.2, 0.25) is 0 Å². The number of carbonyl (C=O) groups is 2. The number of hydrogen-bond acceptors (Lipinski definition) is 4. The topological polar surface area (TPSA) is 75.4 Å². The van der Waals surface area contributed by atoms with Crippen LogP contribution in [0, 0.1) is 5.41 Å². The van der Waals surface area contributed by atoms with E-state index in [9.17, 15) is 9.59 Å². The summed E-state index contributed by atoms with van der Waals surface area (Å²) < 4.78 is 4.62. The van der Waals surface area contributed by atoms with E-state index in [2.05, 4.69) is 15.0 Å². The molecule has 1 aromatic heterocycles. The molecule has 0 bridgehead atoms. The Balaban J connectivity index is 2.63. The average Bonchev–Trinajstić information content (AvgIpc) is 2.79. The number of amides is 2. The van der Waals surface area contributed by atoms with Crippen LogP contribution in [0.1, 0.15) is 34.1 Å². The maximum absolute atomic E-state index is 12.2. The van der Waals surface area contributed by atoms with E-state index in [1.165, 1.54) is 6.26 Å². The Kier molecular flexibility index (Phi) is 5.09. The smallest absolute Gasteiger partial charge is 0.245 e. The first-order valence-corrected chi connectivity index (χ1v) is 6.34. The zero-order chi connectivity index (χ0) is 14.5. The van der Waals surface area contributed by atoms with E-state index >= 15 is 0 Å². The van der Waals surface area contributed by atoms with E-state index in [0.717, 1.165) is 6.42 Å². The third-order valence-electron chi connectivity index (χ3n) is 2.46. The maximum atomic E-state index is 12.2. The van der Waals surface area contributed by atoms with Crippen molar-refractivity contribution in [3.8, 4) is 0 Å². The molecule has 0 aliphatic heterocycles. The predicted octanol–water partition coefficient (Wildman–Crippen LogP) is 1.90. The maximum Gasteiger partial charge on any atom is 0.245 e. The number of anilines is 1. The first-order valence-electron chi connectivity index (χ1n) is 6.34. The molecule has 6 heteroatoms. The van der Waals surface area contributed by atoms with Crippen molar-refractivity contribution in [1.29, 1.82) is 0 Å². The predicted molar refractivity (Wildman–Crippen MR) is 71.5 cm³/mol. The van der Waals surface area contributed by atoms with Gasteiger partial charge in [0.1, 0.15) is 6.26 Å². The molecule has 1 N–H and O–H groups in total. The molecule has 0 fully saturated rings. The van der Waals surface area contributed by atoms with Crippen molar-refractivity contribution in [1.82, 2.24) is 10.1 Å². The summed E-state index contributed by atoms with van der Waals surface area (Å²) in [6.07, 6.45) is 2.18. The normalized spacial score (nSPS) is 11.2. The number of rotatable bonds is 5. The summed E-state index contributed by atoms with van der Waals surface area (Å²) in [6.45, 7) is 8.08. The summed E-state index contributed by atoms with van der Waals surface area (Å²) in [5.41, 5.74) is -0.497. The van der Waals surface area contributed by atoms with E-state index in [1.807, 2.05) is 27.7 Å². The number of nitrogens with one attached hydrogen (secondary N) is 1. The Morgan fingerprint density at radius 3 is 2.58 bits per heavy atom. The van der Waals surface area contributed by atoms with Crippen LogP contribution in [0.5, 0.6) is 0 Å². The summed E-state index contributed by atoms with van der Waals surface area (Å²) in [7, 11) is 0. The molecule has 0 saturated heterocycles. The lowest BCUT2D eigenvalue weighted by Crippen LogP contribution is -2.44. The molecule has 1 aromatic rings. The minimum absolute atomic E-state index is 0.0246. The van der Waals surface area contributed by atoms with E-state index in [0.29, 0.717) is 12.4 Å². The molecule has 0 atom stereocenters. The zero-order valence-electron chi connectivity index (χ0n) is 11.9. The second kappa shape index (κ2) is 6.36. The van der Waals surface area contributed by atoms with Crippen molar-refractivity contribution in [2.45, 2.75) is 34.1 Å². The SMILES string of the molecule is CCCN(CC(=O)Nc1ccon1)C(=O)C(C)(C)C. The molecule has 0 aliphatic rings. The summed E-state index contributed by atoms with van der Waals surface area (Å²) in [6, 6.07) is 1.55. The third-order valence-corrected chi connectivity index (χ3v) is 2.46. The first-order chi connectivity index (χ1) is 8.84. The monoisotopic (exact) mass is 267 g/mol. The van der Waals surface area contributed by atoms with Gasteiger partial charge in [-0.25, -0.2) is 0 Å². The number of carbonyl (C=O) groups excluding carboxylic acids is 2. The highest BCUT2D eigenvalue weighted by Gasteiger charge is 2.28. The van der Waals surface area contributed by atoms with Gasteiger partial charge in [0.25, 0.3) is 0 Å². The molecule has 0 aromatic carbocycles. The highest BCUT2D eigenvalue weighted by atomic mass is 16.5. The van der Waals surface area contributed by atoms with Gasteiger partial charge >= 0.3 is 0 Å². The first kappa shape index (κ1) is 15.2. The molecule has 0 saturated carbocycles. The van der Waals surface area contributed by atoms with Gasteiger partial charge < -0.3 is 14.7 Å². The Morgan fingerprint density at radius 1 is 1.42 bits per heavy atom. The molecule has 1 heterocycles. The van der Waals surface area contributed by atoms with Crippen LogP contribution in [-0.2, 0) is 9.59 Å². The summed E-state index contributed by atoms with van der Waals surface area (Å²) in [4.78, 5) is 25.6. The molecule has 0 radical (unpaired) electrons. The molecule has 19 heavy (non-hydrogen) atoms. The summed E-state index contributed by atoms with van der Waals surface area (Å²) >= 11 is 0. The number of nitrogens with zero attached hydrogens (tertiary/aromatic N) is 2. The van der Waals surface area contributed by atoms with Crippen LogP contribution < -0.4 is 5.32 Å². The van der Waals surface area contributed by atoms with E-state index in [1.54, 1.807) is 11.0 Å². The van der Waals surface area contributed by atoms with Gasteiger partial charge in [0.15, 0.2) is 5.82 Å². The van der Waals surface area contributed by atoms with Crippen molar-refractivity contribution < 1.29 is 14.1 Å². The highest BCUT2D eigenvalue weighted by Crippen LogP contribution is 2.17. The lowest BCUT2D eigenvalue weighted by molar-refractivity contribution is -0.141. The standard InChI is InChI=1S/C13H21N3O3/c1-5-7-16(12(18)13(2,3)4)9-11(17)14-10-6-8-19-15-10/h6,8H,5,7,9H2,1-4H3,(H,14,15,17). The van der Waals surface area contributed by atoms with Gasteiger partial charge in [-0.3, -0.25) is 9.59 Å². The van der Waals surface area contributed by atoms with Gasteiger partial charge in [0.2, 0.25) is 11.8 Å². The molecule has 1 rings (SSSR count). The number of hydrogen-bond donors (Lipinski definition) is 1. The molecule has 6 nitrogen and oxygen atoms in total. The van der Waals surface area contributed by atoms with E-state index in [-0.39, 0.29) is 18.4 Å². The lowest BCUT2D eigenvalue weighted by atomic mass is 9.94. The Hall–Kier alpha value is -1.85. The largest absolute Gasteiger partial charge is 0.363 e. The minimum Gasteiger partial charge on any atom is -0.363 e. The minimum atomic E-state index is -0.497. The van der Waals surface area contributed by atoms with Gasteiger partial charge in [-0.2, -0.15) is 0 Å². The Labute approximate surface area is 113 Å². The fraction of sp³-hybridized carbons (Fsp3) is 0.615. The van der Waals surface area contributed by atoms with Crippen LogP contribution in [0.4, 0.5) is 5.82 Å². The van der Waals surface area contributed by atoms with Crippen molar-refractivity contribution in [2.75, 3.05) is 18.4 Å². The third kappa shape index (κ3) is 4.73. The summed E-state index contributed by atoms with van der Waals surface area (Å²) in [5, 5.41) is 6.17. The average molecular weight is 267 g/mol. The number of aromatic nitrogens is 1. The molecule has 0 unspecified atom stereocenters. The van der Waals surface area contributed by atoms with Gasteiger partial charge in [-0.05, 0) is 6.42 Å². The van der Waals surface area contributed by atoms with Crippen molar-refractivity contribution in [3.05, 3.63) is 12.3 Å². The Bertz CT molecular complexity index is 421. The van der Waals surface area contributed by atoms with E-state index in [4.69, 9.17) is 0 Å². The fourth-order valence-corrected chi connectivity index (χ4v) is 1.63. The van der Waals surface area contributed by atoms with Crippen molar-refractivity contribution >= 4 is 17.6 Å². The molecular formula is C13H21N3O3. The summed E-state index contributed by atoms with van der Waals surface area (Å²) in [5.74, 6) is 0.0364. The molecule has 2 amide bonds. The quantitative estimate of drug-likeness (QED) is 0.884. The zero-order valence-corrected chi connectivity index (χ0v) is 11.9. The van der Waals surface area contributed by atoms with Gasteiger partial charge in [-0.15, -0.1) is 0 Å². The molecule has 0 spiro atoms. The van der Waals surface area contributed by atoms with Gasteiger partial charge in [-0.1, -0.05) is 32.9 Å². The second-order valence-corrected chi connectivity index (χ2v) is 5.41. The second-order valence-electron chi connectivity index (χ2n) is 5.41.